The van der Waals surface area contributed by atoms with Gasteiger partial charge in [-0.25, -0.2) is 15.0 Å². The molecule has 7 heteroatoms. The Balaban J connectivity index is 1.50. The summed E-state index contributed by atoms with van der Waals surface area (Å²) in [5.74, 6) is 3.14. The molecule has 4 aromatic rings. The maximum Gasteiger partial charge on any atom is 0.155 e. The lowest BCUT2D eigenvalue weighted by molar-refractivity contribution is 0.490. The summed E-state index contributed by atoms with van der Waals surface area (Å²) < 4.78 is 0. The zero-order chi connectivity index (χ0) is 18.2. The van der Waals surface area contributed by atoms with Crippen LogP contribution >= 0.6 is 11.3 Å². The highest BCUT2D eigenvalue weighted by Gasteiger charge is 2.26. The molecule has 136 valence electrons. The molecule has 1 aliphatic heterocycles. The number of aromatic nitrogens is 5. The molecule has 1 fully saturated rings. The molecule has 6 nitrogen and oxygen atoms in total. The second kappa shape index (κ2) is 6.74. The summed E-state index contributed by atoms with van der Waals surface area (Å²) >= 11 is 1.72. The van der Waals surface area contributed by atoms with E-state index in [0.29, 0.717) is 5.92 Å². The largest absolute Gasteiger partial charge is 0.355 e. The Kier molecular flexibility index (Phi) is 4.09. The van der Waals surface area contributed by atoms with E-state index in [2.05, 4.69) is 60.4 Å². The molecular formula is C20H20N6S. The fourth-order valence-electron chi connectivity index (χ4n) is 3.76. The van der Waals surface area contributed by atoms with E-state index in [9.17, 15) is 0 Å². The lowest BCUT2D eigenvalue weighted by Crippen LogP contribution is -2.35. The normalized spacial score (nSPS) is 17.5. The van der Waals surface area contributed by atoms with E-state index in [1.54, 1.807) is 17.7 Å². The first kappa shape index (κ1) is 16.4. The van der Waals surface area contributed by atoms with Crippen LogP contribution in [-0.4, -0.2) is 38.2 Å². The van der Waals surface area contributed by atoms with Gasteiger partial charge in [0.2, 0.25) is 0 Å². The number of benzene rings is 1. The number of H-pyrrole nitrogens is 1. The molecule has 5 rings (SSSR count). The summed E-state index contributed by atoms with van der Waals surface area (Å²) in [5.41, 5.74) is 1.22. The summed E-state index contributed by atoms with van der Waals surface area (Å²) in [7, 11) is 0. The van der Waals surface area contributed by atoms with Gasteiger partial charge in [0.15, 0.2) is 5.82 Å². The number of hydrogen-bond acceptors (Lipinski definition) is 6. The van der Waals surface area contributed by atoms with Crippen LogP contribution in [0.5, 0.6) is 0 Å². The molecule has 1 unspecified atom stereocenters. The zero-order valence-electron chi connectivity index (χ0n) is 15.1. The monoisotopic (exact) mass is 376 g/mol. The molecule has 0 spiro atoms. The van der Waals surface area contributed by atoms with Crippen molar-refractivity contribution in [1.82, 2.24) is 25.1 Å². The summed E-state index contributed by atoms with van der Waals surface area (Å²) in [4.78, 5) is 18.3. The van der Waals surface area contributed by atoms with E-state index in [1.807, 2.05) is 13.0 Å². The first-order valence-corrected chi connectivity index (χ1v) is 10.0. The van der Waals surface area contributed by atoms with E-state index in [-0.39, 0.29) is 0 Å². The molecule has 1 aromatic carbocycles. The number of thiophene rings is 1. The van der Waals surface area contributed by atoms with Gasteiger partial charge in [-0.05, 0) is 31.4 Å². The van der Waals surface area contributed by atoms with Crippen molar-refractivity contribution in [3.8, 4) is 10.4 Å². The van der Waals surface area contributed by atoms with E-state index in [0.717, 1.165) is 53.6 Å². The Morgan fingerprint density at radius 1 is 1.19 bits per heavy atom. The van der Waals surface area contributed by atoms with Gasteiger partial charge in [-0.2, -0.15) is 5.10 Å². The molecule has 0 radical (unpaired) electrons. The van der Waals surface area contributed by atoms with Crippen LogP contribution in [0.4, 0.5) is 5.82 Å². The highest BCUT2D eigenvalue weighted by Crippen LogP contribution is 2.37. The van der Waals surface area contributed by atoms with Gasteiger partial charge in [0.05, 0.1) is 5.39 Å². The van der Waals surface area contributed by atoms with Crippen molar-refractivity contribution in [2.75, 3.05) is 18.0 Å². The standard InChI is InChI=1S/C20H20N6S/c1-13-23-18(25-24-13)15-8-5-9-26(11-15)19-16-10-17(14-6-3-2-4-7-14)27-20(16)22-12-21-19/h2-4,6-7,10,12,15H,5,8-9,11H2,1H3,(H,23,24,25). The second-order valence-corrected chi connectivity index (χ2v) is 7.99. The molecule has 27 heavy (non-hydrogen) atoms. The Morgan fingerprint density at radius 2 is 2.07 bits per heavy atom. The smallest absolute Gasteiger partial charge is 0.155 e. The number of aromatic amines is 1. The maximum atomic E-state index is 4.64. The first-order valence-electron chi connectivity index (χ1n) is 9.22. The quantitative estimate of drug-likeness (QED) is 0.581. The molecular weight excluding hydrogens is 356 g/mol. The topological polar surface area (TPSA) is 70.6 Å². The van der Waals surface area contributed by atoms with Gasteiger partial charge in [-0.3, -0.25) is 5.10 Å². The Labute approximate surface area is 161 Å². The minimum Gasteiger partial charge on any atom is -0.355 e. The third-order valence-corrected chi connectivity index (χ3v) is 6.16. The fourth-order valence-corrected chi connectivity index (χ4v) is 4.76. The zero-order valence-corrected chi connectivity index (χ0v) is 15.9. The minimum atomic E-state index is 0.334. The average molecular weight is 376 g/mol. The van der Waals surface area contributed by atoms with Crippen LogP contribution in [0.2, 0.25) is 0 Å². The van der Waals surface area contributed by atoms with Crippen molar-refractivity contribution >= 4 is 27.4 Å². The molecule has 0 amide bonds. The number of nitrogens with one attached hydrogen (secondary N) is 1. The van der Waals surface area contributed by atoms with Gasteiger partial charge in [-0.15, -0.1) is 11.3 Å². The highest BCUT2D eigenvalue weighted by atomic mass is 32.1. The lowest BCUT2D eigenvalue weighted by atomic mass is 9.97. The molecule has 3 aromatic heterocycles. The van der Waals surface area contributed by atoms with Gasteiger partial charge in [0, 0.05) is 23.9 Å². The third kappa shape index (κ3) is 3.08. The van der Waals surface area contributed by atoms with Crippen molar-refractivity contribution < 1.29 is 0 Å². The average Bonchev–Trinajstić information content (AvgIpc) is 3.35. The van der Waals surface area contributed by atoms with Crippen molar-refractivity contribution in [2.24, 2.45) is 0 Å². The molecule has 0 bridgehead atoms. The molecule has 4 heterocycles. The second-order valence-electron chi connectivity index (χ2n) is 6.96. The number of rotatable bonds is 3. The number of anilines is 1. The van der Waals surface area contributed by atoms with E-state index in [1.165, 1.54) is 10.4 Å². The van der Waals surface area contributed by atoms with Crippen LogP contribution in [0.1, 0.15) is 30.4 Å². The minimum absolute atomic E-state index is 0.334. The maximum absolute atomic E-state index is 4.64. The molecule has 0 saturated carbocycles. The SMILES string of the molecule is Cc1nc(C2CCCN(c3ncnc4sc(-c5ccccc5)cc34)C2)n[nH]1. The van der Waals surface area contributed by atoms with Gasteiger partial charge in [0.1, 0.15) is 22.8 Å². The molecule has 1 aliphatic rings. The Morgan fingerprint density at radius 3 is 2.89 bits per heavy atom. The van der Waals surface area contributed by atoms with Crippen molar-refractivity contribution in [3.63, 3.8) is 0 Å². The van der Waals surface area contributed by atoms with Crippen LogP contribution in [0.3, 0.4) is 0 Å². The molecule has 0 aliphatic carbocycles. The highest BCUT2D eigenvalue weighted by molar-refractivity contribution is 7.21. The van der Waals surface area contributed by atoms with E-state index in [4.69, 9.17) is 0 Å². The summed E-state index contributed by atoms with van der Waals surface area (Å²) in [6, 6.07) is 12.7. The number of hydrogen-bond donors (Lipinski definition) is 1. The predicted octanol–water partition coefficient (Wildman–Crippen LogP) is 4.17. The van der Waals surface area contributed by atoms with Crippen LogP contribution < -0.4 is 4.90 Å². The van der Waals surface area contributed by atoms with E-state index >= 15 is 0 Å². The molecule has 1 N–H and O–H groups in total. The van der Waals surface area contributed by atoms with Gasteiger partial charge >= 0.3 is 0 Å². The summed E-state index contributed by atoms with van der Waals surface area (Å²) in [6.45, 7) is 3.84. The number of piperidine rings is 1. The summed E-state index contributed by atoms with van der Waals surface area (Å²) in [5, 5.41) is 8.48. The molecule has 1 saturated heterocycles. The van der Waals surface area contributed by atoms with Crippen LogP contribution in [0, 0.1) is 6.92 Å². The van der Waals surface area contributed by atoms with Crippen molar-refractivity contribution in [2.45, 2.75) is 25.7 Å². The first-order chi connectivity index (χ1) is 13.3. The Hall–Kier alpha value is -2.80. The van der Waals surface area contributed by atoms with Crippen LogP contribution in [-0.2, 0) is 0 Å². The van der Waals surface area contributed by atoms with Crippen molar-refractivity contribution in [3.05, 3.63) is 54.4 Å². The van der Waals surface area contributed by atoms with Crippen molar-refractivity contribution in [1.29, 1.82) is 0 Å². The fraction of sp³-hybridized carbons (Fsp3) is 0.300. The Bertz CT molecular complexity index is 1070. The predicted molar refractivity (Wildman–Crippen MR) is 108 cm³/mol. The number of fused-ring (bicyclic) bond motifs is 1. The van der Waals surface area contributed by atoms with Gasteiger partial charge in [0.25, 0.3) is 0 Å². The van der Waals surface area contributed by atoms with Crippen LogP contribution in [0.15, 0.2) is 42.7 Å². The molecule has 1 atom stereocenters. The third-order valence-electron chi connectivity index (χ3n) is 5.07. The van der Waals surface area contributed by atoms with Crippen LogP contribution in [0.25, 0.3) is 20.7 Å². The van der Waals surface area contributed by atoms with Gasteiger partial charge in [-0.1, -0.05) is 30.3 Å². The number of nitrogens with zero attached hydrogens (tertiary/aromatic N) is 5. The van der Waals surface area contributed by atoms with E-state index < -0.39 is 0 Å². The summed E-state index contributed by atoms with van der Waals surface area (Å²) in [6.07, 6.45) is 3.91. The lowest BCUT2D eigenvalue weighted by Gasteiger charge is -2.32. The number of aryl methyl sites for hydroxylation is 1. The van der Waals surface area contributed by atoms with Gasteiger partial charge < -0.3 is 4.90 Å².